The van der Waals surface area contributed by atoms with E-state index in [1.165, 1.54) is 0 Å². The van der Waals surface area contributed by atoms with Gasteiger partial charge in [0.25, 0.3) is 5.91 Å². The Morgan fingerprint density at radius 1 is 1.15 bits per heavy atom. The van der Waals surface area contributed by atoms with Crippen LogP contribution in [0.15, 0.2) is 30.3 Å². The summed E-state index contributed by atoms with van der Waals surface area (Å²) in [7, 11) is 0. The van der Waals surface area contributed by atoms with Crippen LogP contribution < -0.4 is 11.1 Å². The van der Waals surface area contributed by atoms with Gasteiger partial charge in [-0.15, -0.1) is 0 Å². The number of carbonyl (C=O) groups is 4. The molecule has 0 aliphatic heterocycles. The van der Waals surface area contributed by atoms with Crippen molar-refractivity contribution in [3.05, 3.63) is 35.9 Å². The number of carbonyl (C=O) groups excluding carboxylic acids is 3. The quantitative estimate of drug-likeness (QED) is 0.570. The van der Waals surface area contributed by atoms with Crippen molar-refractivity contribution in [3.8, 4) is 0 Å². The number of carboxylic acids is 1. The van der Waals surface area contributed by atoms with Gasteiger partial charge in [-0.25, -0.2) is 9.59 Å². The van der Waals surface area contributed by atoms with E-state index in [0.717, 1.165) is 0 Å². The maximum Gasteiger partial charge on any atom is 0.408 e. The number of ether oxygens (including phenoxy) is 2. The van der Waals surface area contributed by atoms with Crippen LogP contribution in [-0.4, -0.2) is 46.8 Å². The number of amides is 2. The predicted octanol–water partition coefficient (Wildman–Crippen LogP) is 0.994. The lowest BCUT2D eigenvalue weighted by molar-refractivity contribution is -0.160. The second kappa shape index (κ2) is 9.56. The molecule has 9 nitrogen and oxygen atoms in total. The first-order chi connectivity index (χ1) is 12.5. The van der Waals surface area contributed by atoms with Gasteiger partial charge in [0.15, 0.2) is 6.10 Å². The number of hydrogen-bond acceptors (Lipinski definition) is 6. The molecule has 0 unspecified atom stereocenters. The summed E-state index contributed by atoms with van der Waals surface area (Å²) in [4.78, 5) is 46.6. The number of nitrogens with one attached hydrogen (secondary N) is 1. The summed E-state index contributed by atoms with van der Waals surface area (Å²) < 4.78 is 10.1. The summed E-state index contributed by atoms with van der Waals surface area (Å²) in [5.74, 6) is -3.44. The lowest BCUT2D eigenvalue weighted by Gasteiger charge is -2.24. The molecule has 0 spiro atoms. The third-order valence-corrected chi connectivity index (χ3v) is 3.19. The molecule has 0 saturated carbocycles. The second-order valence-corrected chi connectivity index (χ2v) is 6.81. The van der Waals surface area contributed by atoms with Crippen molar-refractivity contribution in [1.29, 1.82) is 0 Å². The molecule has 1 aromatic carbocycles. The number of aliphatic carboxylic acids is 1. The fourth-order valence-electron chi connectivity index (χ4n) is 2.07. The molecule has 0 radical (unpaired) electrons. The van der Waals surface area contributed by atoms with Gasteiger partial charge in [-0.1, -0.05) is 30.3 Å². The first kappa shape index (κ1) is 21.9. The van der Waals surface area contributed by atoms with Crippen molar-refractivity contribution in [3.63, 3.8) is 0 Å². The summed E-state index contributed by atoms with van der Waals surface area (Å²) in [5, 5.41) is 11.2. The molecule has 0 aliphatic rings. The molecule has 2 atom stereocenters. The van der Waals surface area contributed by atoms with Crippen LogP contribution in [0.4, 0.5) is 4.79 Å². The summed E-state index contributed by atoms with van der Waals surface area (Å²) in [6.07, 6.45) is -3.22. The Balaban J connectivity index is 2.94. The highest BCUT2D eigenvalue weighted by molar-refractivity contribution is 5.88. The van der Waals surface area contributed by atoms with Gasteiger partial charge < -0.3 is 25.6 Å². The molecule has 1 aromatic rings. The zero-order valence-electron chi connectivity index (χ0n) is 15.4. The number of carboxylic acid groups (broad SMARTS) is 1. The molecular weight excluding hydrogens is 356 g/mol. The molecule has 2 amide bonds. The lowest BCUT2D eigenvalue weighted by atomic mass is 10.1. The highest BCUT2D eigenvalue weighted by atomic mass is 16.6. The van der Waals surface area contributed by atoms with Gasteiger partial charge in [-0.05, 0) is 26.3 Å². The molecule has 0 bridgehead atoms. The fourth-order valence-corrected chi connectivity index (χ4v) is 2.07. The Kier molecular flexibility index (Phi) is 7.77. The number of alkyl carbamates (subject to hydrolysis) is 1. The van der Waals surface area contributed by atoms with E-state index in [1.54, 1.807) is 51.1 Å². The zero-order valence-corrected chi connectivity index (χ0v) is 15.4. The van der Waals surface area contributed by atoms with E-state index in [0.29, 0.717) is 5.56 Å². The smallest absolute Gasteiger partial charge is 0.408 e. The summed E-state index contributed by atoms with van der Waals surface area (Å²) >= 11 is 0. The topological polar surface area (TPSA) is 145 Å². The number of primary amides is 1. The van der Waals surface area contributed by atoms with Crippen LogP contribution in [0.1, 0.15) is 32.8 Å². The minimum Gasteiger partial charge on any atom is -0.481 e. The van der Waals surface area contributed by atoms with E-state index in [-0.39, 0.29) is 6.42 Å². The molecule has 0 fully saturated rings. The Bertz CT molecular complexity index is 683. The van der Waals surface area contributed by atoms with E-state index in [2.05, 4.69) is 5.32 Å². The molecule has 0 heterocycles. The molecule has 0 aromatic heterocycles. The van der Waals surface area contributed by atoms with Crippen LogP contribution in [0.3, 0.4) is 0 Å². The first-order valence-electron chi connectivity index (χ1n) is 8.23. The molecule has 0 saturated heterocycles. The Labute approximate surface area is 156 Å². The van der Waals surface area contributed by atoms with E-state index >= 15 is 0 Å². The van der Waals surface area contributed by atoms with Crippen molar-refractivity contribution in [2.45, 2.75) is 51.4 Å². The summed E-state index contributed by atoms with van der Waals surface area (Å²) in [6.45, 7) is 4.98. The summed E-state index contributed by atoms with van der Waals surface area (Å²) in [5.41, 5.74) is 5.00. The van der Waals surface area contributed by atoms with Crippen molar-refractivity contribution < 1.29 is 33.8 Å². The van der Waals surface area contributed by atoms with Gasteiger partial charge in [-0.3, -0.25) is 9.59 Å². The number of rotatable bonds is 8. The van der Waals surface area contributed by atoms with Gasteiger partial charge in [0.2, 0.25) is 0 Å². The van der Waals surface area contributed by atoms with E-state index < -0.39 is 48.1 Å². The second-order valence-electron chi connectivity index (χ2n) is 6.81. The molecular formula is C18H24N2O7. The monoisotopic (exact) mass is 380 g/mol. The fraction of sp³-hybridized carbons (Fsp3) is 0.444. The van der Waals surface area contributed by atoms with Crippen LogP contribution in [0.2, 0.25) is 0 Å². The predicted molar refractivity (Wildman–Crippen MR) is 94.6 cm³/mol. The number of benzene rings is 1. The van der Waals surface area contributed by atoms with E-state index in [1.807, 2.05) is 0 Å². The molecule has 27 heavy (non-hydrogen) atoms. The first-order valence-corrected chi connectivity index (χ1v) is 8.23. The third kappa shape index (κ3) is 8.70. The van der Waals surface area contributed by atoms with Crippen molar-refractivity contribution in [2.75, 3.05) is 0 Å². The van der Waals surface area contributed by atoms with Crippen molar-refractivity contribution >= 4 is 23.9 Å². The van der Waals surface area contributed by atoms with Gasteiger partial charge in [0.05, 0.1) is 6.42 Å². The maximum absolute atomic E-state index is 12.5. The number of hydrogen-bond donors (Lipinski definition) is 3. The van der Waals surface area contributed by atoms with Gasteiger partial charge in [0, 0.05) is 6.42 Å². The highest BCUT2D eigenvalue weighted by Gasteiger charge is 2.30. The standard InChI is InChI=1S/C18H24N2O7/c1-18(2,3)27-17(25)20-12(9-11-7-5-4-6-8-11)16(24)26-13(15(19)23)10-14(21)22/h4-8,12-13H,9-10H2,1-3H3,(H2,19,23)(H,20,25)(H,21,22)/t12-,13-/m0/s1. The van der Waals surface area contributed by atoms with Crippen LogP contribution in [0, 0.1) is 0 Å². The molecule has 1 rings (SSSR count). The van der Waals surface area contributed by atoms with Crippen LogP contribution in [0.5, 0.6) is 0 Å². The largest absolute Gasteiger partial charge is 0.481 e. The van der Waals surface area contributed by atoms with Gasteiger partial charge in [0.1, 0.15) is 11.6 Å². The highest BCUT2D eigenvalue weighted by Crippen LogP contribution is 2.10. The molecule has 148 valence electrons. The number of esters is 1. The molecule has 4 N–H and O–H groups in total. The van der Waals surface area contributed by atoms with Crippen LogP contribution in [-0.2, 0) is 30.3 Å². The van der Waals surface area contributed by atoms with E-state index in [4.69, 9.17) is 20.3 Å². The van der Waals surface area contributed by atoms with Gasteiger partial charge >= 0.3 is 18.0 Å². The van der Waals surface area contributed by atoms with Crippen LogP contribution >= 0.6 is 0 Å². The SMILES string of the molecule is CC(C)(C)OC(=O)N[C@@H](Cc1ccccc1)C(=O)O[C@@H](CC(=O)O)C(N)=O. The normalized spacial score (nSPS) is 13.1. The average molecular weight is 380 g/mol. The lowest BCUT2D eigenvalue weighted by Crippen LogP contribution is -2.47. The maximum atomic E-state index is 12.5. The zero-order chi connectivity index (χ0) is 20.6. The van der Waals surface area contributed by atoms with E-state index in [9.17, 15) is 19.2 Å². The van der Waals surface area contributed by atoms with Crippen LogP contribution in [0.25, 0.3) is 0 Å². The Morgan fingerprint density at radius 2 is 1.74 bits per heavy atom. The molecule has 0 aliphatic carbocycles. The van der Waals surface area contributed by atoms with Crippen molar-refractivity contribution in [2.24, 2.45) is 5.73 Å². The van der Waals surface area contributed by atoms with Gasteiger partial charge in [-0.2, -0.15) is 0 Å². The van der Waals surface area contributed by atoms with Crippen molar-refractivity contribution in [1.82, 2.24) is 5.32 Å². The third-order valence-electron chi connectivity index (χ3n) is 3.19. The Hall–Kier alpha value is -3.10. The number of nitrogens with two attached hydrogens (primary N) is 1. The minimum atomic E-state index is -1.64. The minimum absolute atomic E-state index is 0.0530. The average Bonchev–Trinajstić information content (AvgIpc) is 2.52. The molecule has 9 heteroatoms. The Morgan fingerprint density at radius 3 is 2.22 bits per heavy atom. The summed E-state index contributed by atoms with van der Waals surface area (Å²) in [6, 6.07) is 7.57.